The first kappa shape index (κ1) is 20.6. The van der Waals surface area contributed by atoms with E-state index >= 15 is 0 Å². The highest BCUT2D eigenvalue weighted by atomic mass is 32.1. The number of thiophene rings is 1. The molecule has 0 aliphatic rings. The van der Waals surface area contributed by atoms with Crippen LogP contribution in [0.1, 0.15) is 22.2 Å². The number of carbonyl (C=O) groups excluding carboxylic acids is 2. The number of halogens is 1. The molecule has 3 aromatic rings. The number of hydrogen-bond acceptors (Lipinski definition) is 6. The smallest absolute Gasteiger partial charge is 0.349 e. The second kappa shape index (κ2) is 8.91. The highest BCUT2D eigenvalue weighted by Gasteiger charge is 2.20. The first-order valence-electron chi connectivity index (χ1n) is 8.80. The molecule has 8 heteroatoms. The van der Waals surface area contributed by atoms with E-state index in [1.54, 1.807) is 37.4 Å². The molecule has 2 aromatic carbocycles. The van der Waals surface area contributed by atoms with Crippen molar-refractivity contribution in [1.82, 2.24) is 5.32 Å². The van der Waals surface area contributed by atoms with E-state index < -0.39 is 18.0 Å². The number of ether oxygens (including phenoxy) is 3. The van der Waals surface area contributed by atoms with E-state index in [2.05, 4.69) is 5.32 Å². The van der Waals surface area contributed by atoms with Gasteiger partial charge in [-0.15, -0.1) is 11.3 Å². The summed E-state index contributed by atoms with van der Waals surface area (Å²) in [5, 5.41) is 3.34. The Morgan fingerprint density at radius 3 is 2.55 bits per heavy atom. The molecule has 0 saturated heterocycles. The van der Waals surface area contributed by atoms with Crippen LogP contribution in [0.3, 0.4) is 0 Å². The highest BCUT2D eigenvalue weighted by molar-refractivity contribution is 7.20. The monoisotopic (exact) mass is 417 g/mol. The fraction of sp³-hybridized carbons (Fsp3) is 0.238. The van der Waals surface area contributed by atoms with Gasteiger partial charge in [0.1, 0.15) is 10.7 Å². The lowest BCUT2D eigenvalue weighted by atomic mass is 10.2. The summed E-state index contributed by atoms with van der Waals surface area (Å²) in [6.07, 6.45) is -0.982. The molecule has 1 heterocycles. The van der Waals surface area contributed by atoms with Gasteiger partial charge in [-0.2, -0.15) is 0 Å². The van der Waals surface area contributed by atoms with Gasteiger partial charge >= 0.3 is 5.97 Å². The van der Waals surface area contributed by atoms with Crippen LogP contribution >= 0.6 is 11.3 Å². The number of methoxy groups -OCH3 is 2. The summed E-state index contributed by atoms with van der Waals surface area (Å²) in [6.45, 7) is 1.73. The van der Waals surface area contributed by atoms with Crippen LogP contribution in [0.5, 0.6) is 11.5 Å². The van der Waals surface area contributed by atoms with Gasteiger partial charge in [-0.05, 0) is 54.3 Å². The molecule has 0 aliphatic heterocycles. The Kier molecular flexibility index (Phi) is 6.33. The van der Waals surface area contributed by atoms with E-state index in [4.69, 9.17) is 14.2 Å². The SMILES string of the molecule is COc1ccc(CNC(=O)[C@@H](C)OC(=O)c2cc3cc(F)ccc3s2)cc1OC. The molecule has 1 atom stereocenters. The molecular weight excluding hydrogens is 397 g/mol. The van der Waals surface area contributed by atoms with Crippen molar-refractivity contribution in [3.05, 3.63) is 58.7 Å². The van der Waals surface area contributed by atoms with Crippen molar-refractivity contribution < 1.29 is 28.2 Å². The van der Waals surface area contributed by atoms with Crippen LogP contribution in [0.15, 0.2) is 42.5 Å². The van der Waals surface area contributed by atoms with Crippen molar-refractivity contribution >= 4 is 33.3 Å². The summed E-state index contributed by atoms with van der Waals surface area (Å²) in [5.74, 6) is -0.285. The molecule has 0 spiro atoms. The fourth-order valence-electron chi connectivity index (χ4n) is 2.71. The van der Waals surface area contributed by atoms with Gasteiger partial charge in [-0.25, -0.2) is 9.18 Å². The first-order valence-corrected chi connectivity index (χ1v) is 9.61. The van der Waals surface area contributed by atoms with E-state index in [0.717, 1.165) is 10.3 Å². The quantitative estimate of drug-likeness (QED) is 0.590. The zero-order valence-electron chi connectivity index (χ0n) is 16.2. The minimum absolute atomic E-state index is 0.239. The van der Waals surface area contributed by atoms with E-state index in [0.29, 0.717) is 21.8 Å². The maximum atomic E-state index is 13.3. The minimum atomic E-state index is -0.982. The molecule has 0 aliphatic carbocycles. The zero-order chi connectivity index (χ0) is 21.0. The number of nitrogens with one attached hydrogen (secondary N) is 1. The van der Waals surface area contributed by atoms with Gasteiger partial charge in [0.25, 0.3) is 5.91 Å². The normalized spacial score (nSPS) is 11.7. The van der Waals surface area contributed by atoms with Crippen LogP contribution in [-0.4, -0.2) is 32.2 Å². The van der Waals surface area contributed by atoms with Crippen LogP contribution in [0.25, 0.3) is 10.1 Å². The van der Waals surface area contributed by atoms with Crippen LogP contribution in [0, 0.1) is 5.82 Å². The number of esters is 1. The van der Waals surface area contributed by atoms with E-state index in [-0.39, 0.29) is 12.4 Å². The third kappa shape index (κ3) is 4.83. The van der Waals surface area contributed by atoms with Crippen LogP contribution < -0.4 is 14.8 Å². The second-order valence-electron chi connectivity index (χ2n) is 6.25. The van der Waals surface area contributed by atoms with Crippen molar-refractivity contribution in [2.75, 3.05) is 14.2 Å². The van der Waals surface area contributed by atoms with Gasteiger partial charge in [0.2, 0.25) is 0 Å². The number of benzene rings is 2. The van der Waals surface area contributed by atoms with Gasteiger partial charge in [0, 0.05) is 11.2 Å². The highest BCUT2D eigenvalue weighted by Crippen LogP contribution is 2.28. The van der Waals surface area contributed by atoms with Crippen LogP contribution in [0.4, 0.5) is 4.39 Å². The van der Waals surface area contributed by atoms with Crippen LogP contribution in [0.2, 0.25) is 0 Å². The van der Waals surface area contributed by atoms with Crippen molar-refractivity contribution in [2.45, 2.75) is 19.6 Å². The number of fused-ring (bicyclic) bond motifs is 1. The standard InChI is InChI=1S/C21H20FNO5S/c1-12(20(24)23-11-13-4-6-16(26-2)17(8-13)27-3)28-21(25)19-10-14-9-15(22)5-7-18(14)29-19/h4-10,12H,11H2,1-3H3,(H,23,24)/t12-/m1/s1. The summed E-state index contributed by atoms with van der Waals surface area (Å²) in [4.78, 5) is 24.9. The Balaban J connectivity index is 1.59. The van der Waals surface area contributed by atoms with Crippen molar-refractivity contribution in [1.29, 1.82) is 0 Å². The second-order valence-corrected chi connectivity index (χ2v) is 7.33. The Hall–Kier alpha value is -3.13. The number of rotatable bonds is 7. The number of amides is 1. The molecule has 0 radical (unpaired) electrons. The average molecular weight is 417 g/mol. The van der Waals surface area contributed by atoms with Gasteiger partial charge in [-0.1, -0.05) is 6.07 Å². The molecule has 6 nitrogen and oxygen atoms in total. The lowest BCUT2D eigenvalue weighted by Gasteiger charge is -2.14. The van der Waals surface area contributed by atoms with Gasteiger partial charge in [0.05, 0.1) is 14.2 Å². The molecule has 1 N–H and O–H groups in total. The van der Waals surface area contributed by atoms with Crippen molar-refractivity contribution in [3.63, 3.8) is 0 Å². The van der Waals surface area contributed by atoms with Crippen molar-refractivity contribution in [3.8, 4) is 11.5 Å². The predicted molar refractivity (Wildman–Crippen MR) is 108 cm³/mol. The van der Waals surface area contributed by atoms with E-state index in [1.807, 2.05) is 0 Å². The Labute approximate surface area is 171 Å². The molecule has 1 amide bonds. The summed E-state index contributed by atoms with van der Waals surface area (Å²) in [5.41, 5.74) is 0.807. The number of hydrogen-bond donors (Lipinski definition) is 1. The maximum Gasteiger partial charge on any atom is 0.349 e. The number of carbonyl (C=O) groups is 2. The minimum Gasteiger partial charge on any atom is -0.493 e. The molecule has 0 saturated carbocycles. The van der Waals surface area contributed by atoms with Crippen LogP contribution in [-0.2, 0) is 16.1 Å². The third-order valence-corrected chi connectivity index (χ3v) is 5.34. The summed E-state index contributed by atoms with van der Waals surface area (Å²) >= 11 is 1.19. The molecule has 152 valence electrons. The van der Waals surface area contributed by atoms with Gasteiger partial charge in [0.15, 0.2) is 17.6 Å². The summed E-state index contributed by atoms with van der Waals surface area (Å²) in [7, 11) is 3.08. The largest absolute Gasteiger partial charge is 0.493 e. The van der Waals surface area contributed by atoms with E-state index in [1.165, 1.54) is 37.5 Å². The molecule has 3 rings (SSSR count). The van der Waals surface area contributed by atoms with E-state index in [9.17, 15) is 14.0 Å². The molecule has 1 aromatic heterocycles. The third-order valence-electron chi connectivity index (χ3n) is 4.25. The summed E-state index contributed by atoms with van der Waals surface area (Å²) < 4.78 is 29.7. The average Bonchev–Trinajstić information content (AvgIpc) is 3.14. The first-order chi connectivity index (χ1) is 13.9. The lowest BCUT2D eigenvalue weighted by Crippen LogP contribution is -2.35. The Morgan fingerprint density at radius 1 is 1.07 bits per heavy atom. The molecular formula is C21H20FNO5S. The maximum absolute atomic E-state index is 13.3. The Morgan fingerprint density at radius 2 is 1.83 bits per heavy atom. The summed E-state index contributed by atoms with van der Waals surface area (Å²) in [6, 6.07) is 11.1. The molecule has 0 unspecified atom stereocenters. The van der Waals surface area contributed by atoms with Gasteiger partial charge < -0.3 is 19.5 Å². The lowest BCUT2D eigenvalue weighted by molar-refractivity contribution is -0.129. The Bertz CT molecular complexity index is 1050. The molecule has 0 bridgehead atoms. The predicted octanol–water partition coefficient (Wildman–Crippen LogP) is 3.92. The topological polar surface area (TPSA) is 73.9 Å². The van der Waals surface area contributed by atoms with Gasteiger partial charge in [-0.3, -0.25) is 4.79 Å². The van der Waals surface area contributed by atoms with Crippen molar-refractivity contribution in [2.24, 2.45) is 0 Å². The fourth-order valence-corrected chi connectivity index (χ4v) is 3.64. The molecule has 0 fully saturated rings. The zero-order valence-corrected chi connectivity index (χ0v) is 17.0. The molecule has 29 heavy (non-hydrogen) atoms.